The van der Waals surface area contributed by atoms with Crippen molar-refractivity contribution in [2.45, 2.75) is 52.0 Å². The van der Waals surface area contributed by atoms with E-state index >= 15 is 0 Å². The molecule has 2 aliphatic rings. The van der Waals surface area contributed by atoms with Crippen LogP contribution < -0.4 is 14.4 Å². The highest BCUT2D eigenvalue weighted by molar-refractivity contribution is 7.87. The molecule has 1 amide bonds. The van der Waals surface area contributed by atoms with E-state index in [9.17, 15) is 13.2 Å². The number of nitrogens with zero attached hydrogens (tertiary/aromatic N) is 4. The summed E-state index contributed by atoms with van der Waals surface area (Å²) in [6.07, 6.45) is 8.87. The van der Waals surface area contributed by atoms with Gasteiger partial charge in [-0.25, -0.2) is 9.71 Å². The summed E-state index contributed by atoms with van der Waals surface area (Å²) < 4.78 is 41.8. The number of nitrogens with one attached hydrogen (secondary N) is 1. The maximum atomic E-state index is 13.3. The van der Waals surface area contributed by atoms with Crippen LogP contribution in [0.4, 0.5) is 5.82 Å². The number of allylic oxidation sites excluding steroid dienone is 1. The van der Waals surface area contributed by atoms with Gasteiger partial charge in [-0.05, 0) is 78.1 Å². The first-order chi connectivity index (χ1) is 23.2. The molecule has 2 aromatic carbocycles. The van der Waals surface area contributed by atoms with E-state index in [0.29, 0.717) is 19.8 Å². The van der Waals surface area contributed by atoms with E-state index < -0.39 is 16.1 Å². The molecule has 0 bridgehead atoms. The quantitative estimate of drug-likeness (QED) is 0.180. The Labute approximate surface area is 283 Å². The molecule has 254 valence electrons. The van der Waals surface area contributed by atoms with Gasteiger partial charge in [0, 0.05) is 49.2 Å². The fraction of sp³-hybridized carbons (Fsp3) is 0.405. The van der Waals surface area contributed by atoms with Gasteiger partial charge in [-0.2, -0.15) is 12.7 Å². The van der Waals surface area contributed by atoms with Gasteiger partial charge in [0.15, 0.2) is 0 Å². The van der Waals surface area contributed by atoms with Crippen LogP contribution in [0.2, 0.25) is 0 Å². The number of methoxy groups -OCH3 is 1. The summed E-state index contributed by atoms with van der Waals surface area (Å²) in [5, 5.41) is 1.06. The molecule has 0 unspecified atom stereocenters. The molecule has 0 saturated carbocycles. The number of benzene rings is 2. The van der Waals surface area contributed by atoms with Gasteiger partial charge in [-0.3, -0.25) is 4.79 Å². The van der Waals surface area contributed by atoms with Gasteiger partial charge in [-0.15, -0.1) is 0 Å². The molecular weight excluding hydrogens is 627 g/mol. The van der Waals surface area contributed by atoms with Gasteiger partial charge in [0.2, 0.25) is 0 Å². The zero-order valence-corrected chi connectivity index (χ0v) is 29.1. The number of ether oxygens (including phenoxy) is 2. The van der Waals surface area contributed by atoms with Crippen LogP contribution in [0, 0.1) is 0 Å². The van der Waals surface area contributed by atoms with E-state index in [1.54, 1.807) is 13.2 Å². The van der Waals surface area contributed by atoms with Crippen LogP contribution in [-0.4, -0.2) is 75.7 Å². The molecule has 2 aromatic heterocycles. The Kier molecular flexibility index (Phi) is 10.2. The third-order valence-corrected chi connectivity index (χ3v) is 10.6. The van der Waals surface area contributed by atoms with E-state index in [2.05, 4.69) is 45.4 Å². The maximum absolute atomic E-state index is 13.3. The van der Waals surface area contributed by atoms with Crippen molar-refractivity contribution in [3.63, 3.8) is 0 Å². The van der Waals surface area contributed by atoms with Gasteiger partial charge in [0.25, 0.3) is 5.91 Å². The van der Waals surface area contributed by atoms with Gasteiger partial charge < -0.3 is 18.9 Å². The molecule has 0 radical (unpaired) electrons. The molecule has 4 aromatic rings. The number of aryl methyl sites for hydroxylation is 1. The fourth-order valence-corrected chi connectivity index (χ4v) is 7.13. The van der Waals surface area contributed by atoms with Crippen molar-refractivity contribution in [1.82, 2.24) is 18.6 Å². The van der Waals surface area contributed by atoms with Crippen LogP contribution in [0.15, 0.2) is 54.6 Å². The van der Waals surface area contributed by atoms with Crippen molar-refractivity contribution >= 4 is 44.5 Å². The van der Waals surface area contributed by atoms with Crippen LogP contribution >= 0.6 is 0 Å². The van der Waals surface area contributed by atoms with Crippen molar-refractivity contribution in [1.29, 1.82) is 0 Å². The van der Waals surface area contributed by atoms with Crippen molar-refractivity contribution in [3.8, 4) is 17.0 Å². The van der Waals surface area contributed by atoms with Crippen molar-refractivity contribution < 1.29 is 22.7 Å². The zero-order chi connectivity index (χ0) is 33.8. The SMILES string of the molecule is CCCCCCCc1c2n(c3cc(C(=O)NS(=O)(=O)N(C)C)ccc13)CC(c1cccc(N3CCOCC3)n1)=Cc1cc(OC)ccc1-2. The highest BCUT2D eigenvalue weighted by Crippen LogP contribution is 2.42. The Morgan fingerprint density at radius 1 is 1.02 bits per heavy atom. The Morgan fingerprint density at radius 2 is 1.81 bits per heavy atom. The van der Waals surface area contributed by atoms with Crippen molar-refractivity contribution in [3.05, 3.63) is 77.0 Å². The molecule has 0 atom stereocenters. The summed E-state index contributed by atoms with van der Waals surface area (Å²) in [5.74, 6) is 1.01. The summed E-state index contributed by atoms with van der Waals surface area (Å²) in [6, 6.07) is 17.8. The van der Waals surface area contributed by atoms with Gasteiger partial charge in [-0.1, -0.05) is 44.7 Å². The molecule has 1 fully saturated rings. The number of hydrogen-bond acceptors (Lipinski definition) is 7. The Hall–Kier alpha value is -4.19. The monoisotopic (exact) mass is 671 g/mol. The van der Waals surface area contributed by atoms with Gasteiger partial charge >= 0.3 is 10.2 Å². The minimum atomic E-state index is -3.96. The lowest BCUT2D eigenvalue weighted by atomic mass is 9.95. The highest BCUT2D eigenvalue weighted by atomic mass is 32.2. The highest BCUT2D eigenvalue weighted by Gasteiger charge is 2.26. The maximum Gasteiger partial charge on any atom is 0.303 e. The summed E-state index contributed by atoms with van der Waals surface area (Å²) in [7, 11) is 0.503. The Morgan fingerprint density at radius 3 is 2.56 bits per heavy atom. The number of unbranched alkanes of at least 4 members (excludes halogenated alkanes) is 4. The van der Waals surface area contributed by atoms with E-state index in [0.717, 1.165) is 87.2 Å². The number of carbonyl (C=O) groups is 1. The molecular formula is C37H45N5O5S. The number of anilines is 1. The number of fused-ring (bicyclic) bond motifs is 5. The van der Waals surface area contributed by atoms with Crippen molar-refractivity contribution in [2.75, 3.05) is 52.4 Å². The van der Waals surface area contributed by atoms with Gasteiger partial charge in [0.05, 0.1) is 38.3 Å². The molecule has 6 rings (SSSR count). The lowest BCUT2D eigenvalue weighted by Crippen LogP contribution is -2.39. The first-order valence-electron chi connectivity index (χ1n) is 16.8. The topological polar surface area (TPSA) is 106 Å². The first kappa shape index (κ1) is 33.7. The molecule has 2 aliphatic heterocycles. The minimum absolute atomic E-state index is 0.278. The molecule has 4 heterocycles. The Bertz CT molecular complexity index is 1940. The number of amides is 1. The fourth-order valence-electron chi connectivity index (χ4n) is 6.59. The third-order valence-electron chi connectivity index (χ3n) is 9.23. The largest absolute Gasteiger partial charge is 0.497 e. The molecule has 1 saturated heterocycles. The second-order valence-electron chi connectivity index (χ2n) is 12.6. The van der Waals surface area contributed by atoms with E-state index in [1.807, 2.05) is 30.3 Å². The Balaban J connectivity index is 1.51. The lowest BCUT2D eigenvalue weighted by molar-refractivity contribution is 0.0979. The second-order valence-corrected chi connectivity index (χ2v) is 14.5. The predicted octanol–water partition coefficient (Wildman–Crippen LogP) is 6.15. The number of rotatable bonds is 12. The molecule has 10 nitrogen and oxygen atoms in total. The molecule has 1 N–H and O–H groups in total. The number of carbonyl (C=O) groups excluding carboxylic acids is 1. The summed E-state index contributed by atoms with van der Waals surface area (Å²) >= 11 is 0. The number of aromatic nitrogens is 2. The van der Waals surface area contributed by atoms with E-state index in [-0.39, 0.29) is 5.56 Å². The molecule has 11 heteroatoms. The van der Waals surface area contributed by atoms with Gasteiger partial charge in [0.1, 0.15) is 11.6 Å². The number of pyridine rings is 1. The zero-order valence-electron chi connectivity index (χ0n) is 28.3. The van der Waals surface area contributed by atoms with Crippen LogP contribution in [-0.2, 0) is 27.9 Å². The van der Waals surface area contributed by atoms with E-state index in [1.165, 1.54) is 38.9 Å². The molecule has 48 heavy (non-hydrogen) atoms. The normalized spacial score (nSPS) is 14.8. The lowest BCUT2D eigenvalue weighted by Gasteiger charge is -2.28. The molecule has 0 aliphatic carbocycles. The number of hydrogen-bond donors (Lipinski definition) is 1. The molecule has 0 spiro atoms. The van der Waals surface area contributed by atoms with Crippen LogP contribution in [0.1, 0.15) is 66.2 Å². The average molecular weight is 672 g/mol. The summed E-state index contributed by atoms with van der Waals surface area (Å²) in [5.41, 5.74) is 7.49. The van der Waals surface area contributed by atoms with Crippen LogP contribution in [0.25, 0.3) is 33.8 Å². The number of morpholine rings is 1. The second kappa shape index (κ2) is 14.5. The summed E-state index contributed by atoms with van der Waals surface area (Å²) in [4.78, 5) is 20.7. The smallest absolute Gasteiger partial charge is 0.303 e. The van der Waals surface area contributed by atoms with Crippen LogP contribution in [0.5, 0.6) is 5.75 Å². The average Bonchev–Trinajstić information content (AvgIpc) is 3.28. The van der Waals surface area contributed by atoms with E-state index in [4.69, 9.17) is 14.5 Å². The minimum Gasteiger partial charge on any atom is -0.497 e. The third kappa shape index (κ3) is 6.99. The van der Waals surface area contributed by atoms with Crippen LogP contribution in [0.3, 0.4) is 0 Å². The first-order valence-corrected chi connectivity index (χ1v) is 18.2. The summed E-state index contributed by atoms with van der Waals surface area (Å²) in [6.45, 7) is 5.66. The predicted molar refractivity (Wildman–Crippen MR) is 192 cm³/mol. The standard InChI is InChI=1S/C37H45N5O5S/c1-5-6-7-8-9-11-32-31-16-14-26(37(43)39-48(44,45)40(2)3)24-34(31)42-25-28(22-27-23-29(46-4)15-17-30(27)36(32)42)33-12-10-13-35(38-33)41-18-20-47-21-19-41/h10,12-17,22-24H,5-9,11,18-21,25H2,1-4H3,(H,39,43). The van der Waals surface area contributed by atoms with Crippen molar-refractivity contribution in [2.24, 2.45) is 0 Å².